The molecule has 2 heterocycles. The predicted molar refractivity (Wildman–Crippen MR) is 155 cm³/mol. The number of ketones is 1. The van der Waals surface area contributed by atoms with E-state index in [2.05, 4.69) is 78.8 Å². The smallest absolute Gasteiger partial charge is 0.315 e. The number of carbonyl (C=O) groups is 1. The Hall–Kier alpha value is -3.67. The monoisotopic (exact) mass is 525 g/mol. The first kappa shape index (κ1) is 26.9. The second kappa shape index (κ2) is 10.1. The number of benzene rings is 2. The minimum absolute atomic E-state index is 0.0335. The summed E-state index contributed by atoms with van der Waals surface area (Å²) in [5, 5.41) is 11.2. The zero-order chi connectivity index (χ0) is 28.1. The summed E-state index contributed by atoms with van der Waals surface area (Å²) in [4.78, 5) is 32.5. The van der Waals surface area contributed by atoms with Crippen LogP contribution in [-0.2, 0) is 24.1 Å². The van der Waals surface area contributed by atoms with Crippen LogP contribution in [0.4, 0.5) is 0 Å². The number of aromatic nitrogens is 2. The molecule has 1 atom stereocenters. The average Bonchev–Trinajstić information content (AvgIpc) is 3.06. The lowest BCUT2D eigenvalue weighted by molar-refractivity contribution is -0.126. The molecular formula is C33H39N3O3. The Morgan fingerprint density at radius 3 is 2.15 bits per heavy atom. The van der Waals surface area contributed by atoms with Crippen LogP contribution in [0.15, 0.2) is 59.9 Å². The fourth-order valence-electron chi connectivity index (χ4n) is 6.27. The number of hydrogen-bond donors (Lipinski definition) is 1. The Labute approximate surface area is 231 Å². The molecule has 39 heavy (non-hydrogen) atoms. The molecule has 2 aliphatic rings. The van der Waals surface area contributed by atoms with Crippen LogP contribution in [0.2, 0.25) is 0 Å². The molecule has 6 heteroatoms. The largest absolute Gasteiger partial charge is 0.501 e. The Kier molecular flexibility index (Phi) is 7.00. The second-order valence-corrected chi connectivity index (χ2v) is 12.2. The molecule has 0 amide bonds. The first-order valence-corrected chi connectivity index (χ1v) is 14.0. The predicted octanol–water partition coefficient (Wildman–Crippen LogP) is 5.66. The lowest BCUT2D eigenvalue weighted by atomic mass is 9.80. The molecule has 1 aliphatic heterocycles. The maximum atomic E-state index is 13.0. The van der Waals surface area contributed by atoms with Gasteiger partial charge in [0.25, 0.3) is 0 Å². The van der Waals surface area contributed by atoms with Crippen molar-refractivity contribution in [3.63, 3.8) is 0 Å². The van der Waals surface area contributed by atoms with Gasteiger partial charge in [-0.1, -0.05) is 75.9 Å². The molecule has 1 aliphatic carbocycles. The van der Waals surface area contributed by atoms with Gasteiger partial charge in [0.05, 0.1) is 11.7 Å². The number of aromatic hydroxyl groups is 1. The highest BCUT2D eigenvalue weighted by Gasteiger charge is 2.40. The Morgan fingerprint density at radius 1 is 1.05 bits per heavy atom. The van der Waals surface area contributed by atoms with E-state index in [0.29, 0.717) is 30.2 Å². The van der Waals surface area contributed by atoms with Crippen LogP contribution in [0.25, 0.3) is 5.70 Å². The van der Waals surface area contributed by atoms with Gasteiger partial charge < -0.3 is 14.6 Å². The third kappa shape index (κ3) is 4.81. The topological polar surface area (TPSA) is 75.4 Å². The van der Waals surface area contributed by atoms with Crippen molar-refractivity contribution in [1.82, 2.24) is 14.5 Å². The third-order valence-electron chi connectivity index (χ3n) is 8.38. The van der Waals surface area contributed by atoms with Gasteiger partial charge in [0.15, 0.2) is 0 Å². The molecule has 5 rings (SSSR count). The summed E-state index contributed by atoms with van der Waals surface area (Å²) in [5.41, 5.74) is 4.99. The summed E-state index contributed by atoms with van der Waals surface area (Å²) in [7, 11) is 0. The van der Waals surface area contributed by atoms with Gasteiger partial charge in [-0.2, -0.15) is 4.98 Å². The summed E-state index contributed by atoms with van der Waals surface area (Å²) >= 11 is 0. The molecule has 1 unspecified atom stereocenters. The van der Waals surface area contributed by atoms with E-state index >= 15 is 0 Å². The SMILES string of the molecule is C=C1c2c(O)c(=O)nc(CCC(=O)C(C)(C)C)n2C(C2c3ccccc3CCc3ccccc32)CN1C(C)C. The van der Waals surface area contributed by atoms with Crippen molar-refractivity contribution in [3.8, 4) is 5.75 Å². The van der Waals surface area contributed by atoms with Gasteiger partial charge in [-0.3, -0.25) is 9.59 Å². The highest BCUT2D eigenvalue weighted by atomic mass is 16.3. The Bertz CT molecular complexity index is 1450. The number of fused-ring (bicyclic) bond motifs is 3. The van der Waals surface area contributed by atoms with Gasteiger partial charge in [-0.05, 0) is 48.9 Å². The van der Waals surface area contributed by atoms with E-state index in [1.165, 1.54) is 22.3 Å². The van der Waals surface area contributed by atoms with Gasteiger partial charge in [0.2, 0.25) is 5.75 Å². The number of rotatable bonds is 5. The van der Waals surface area contributed by atoms with E-state index in [1.807, 2.05) is 25.3 Å². The highest BCUT2D eigenvalue weighted by molar-refractivity contribution is 5.83. The van der Waals surface area contributed by atoms with Crippen LogP contribution in [0, 0.1) is 5.41 Å². The summed E-state index contributed by atoms with van der Waals surface area (Å²) in [6.45, 7) is 14.9. The molecular weight excluding hydrogens is 486 g/mol. The van der Waals surface area contributed by atoms with Crippen LogP contribution in [0.5, 0.6) is 5.75 Å². The van der Waals surface area contributed by atoms with E-state index in [4.69, 9.17) is 0 Å². The number of hydrogen-bond acceptors (Lipinski definition) is 5. The van der Waals surface area contributed by atoms with Gasteiger partial charge in [-0.25, -0.2) is 0 Å². The van der Waals surface area contributed by atoms with E-state index in [1.54, 1.807) is 0 Å². The van der Waals surface area contributed by atoms with Crippen molar-refractivity contribution in [2.24, 2.45) is 5.41 Å². The average molecular weight is 526 g/mol. The zero-order valence-electron chi connectivity index (χ0n) is 23.7. The molecule has 0 fully saturated rings. The van der Waals surface area contributed by atoms with Crippen LogP contribution in [-0.4, -0.2) is 37.9 Å². The molecule has 2 aromatic carbocycles. The van der Waals surface area contributed by atoms with Crippen LogP contribution < -0.4 is 5.56 Å². The minimum Gasteiger partial charge on any atom is -0.501 e. The first-order chi connectivity index (χ1) is 18.5. The highest BCUT2D eigenvalue weighted by Crippen LogP contribution is 2.47. The van der Waals surface area contributed by atoms with Crippen LogP contribution in [0.3, 0.4) is 0 Å². The van der Waals surface area contributed by atoms with Gasteiger partial charge in [0, 0.05) is 36.8 Å². The lowest BCUT2D eigenvalue weighted by Gasteiger charge is -2.45. The van der Waals surface area contributed by atoms with Crippen LogP contribution in [0.1, 0.15) is 86.8 Å². The Morgan fingerprint density at radius 2 is 1.62 bits per heavy atom. The number of nitrogens with zero attached hydrogens (tertiary/aromatic N) is 3. The maximum absolute atomic E-state index is 13.0. The summed E-state index contributed by atoms with van der Waals surface area (Å²) in [6.07, 6.45) is 2.49. The molecule has 0 radical (unpaired) electrons. The van der Waals surface area contributed by atoms with Gasteiger partial charge in [-0.15, -0.1) is 0 Å². The van der Waals surface area contributed by atoms with E-state index in [-0.39, 0.29) is 36.0 Å². The molecule has 0 bridgehead atoms. The summed E-state index contributed by atoms with van der Waals surface area (Å²) < 4.78 is 2.04. The minimum atomic E-state index is -0.674. The van der Waals surface area contributed by atoms with Crippen molar-refractivity contribution < 1.29 is 9.90 Å². The van der Waals surface area contributed by atoms with Gasteiger partial charge in [0.1, 0.15) is 17.3 Å². The fraction of sp³-hybridized carbons (Fsp3) is 0.424. The molecule has 204 valence electrons. The third-order valence-corrected chi connectivity index (χ3v) is 8.38. The standard InChI is InChI=1S/C33H39N3O3/c1-20(2)35-19-26(29-24-13-9-7-11-22(24)15-16-23-12-8-10-14-25(23)29)36-28(18-17-27(37)33(4,5)6)34-32(39)31(38)30(36)21(35)3/h7-14,20,26,29,38H,3,15-19H2,1-2,4-6H3. The lowest BCUT2D eigenvalue weighted by Crippen LogP contribution is -2.45. The number of Topliss-reactive ketones (excluding diaryl/α,β-unsaturated/α-hetero) is 1. The van der Waals surface area contributed by atoms with E-state index in [0.717, 1.165) is 12.8 Å². The van der Waals surface area contributed by atoms with Crippen molar-refractivity contribution in [2.75, 3.05) is 6.54 Å². The number of aryl methyl sites for hydroxylation is 3. The summed E-state index contributed by atoms with van der Waals surface area (Å²) in [5.74, 6) is 0.226. The normalized spacial score (nSPS) is 17.4. The zero-order valence-corrected chi connectivity index (χ0v) is 23.7. The van der Waals surface area contributed by atoms with Crippen molar-refractivity contribution in [1.29, 1.82) is 0 Å². The van der Waals surface area contributed by atoms with Crippen molar-refractivity contribution in [2.45, 2.75) is 78.3 Å². The van der Waals surface area contributed by atoms with E-state index < -0.39 is 11.0 Å². The fourth-order valence-corrected chi connectivity index (χ4v) is 6.27. The maximum Gasteiger partial charge on any atom is 0.315 e. The first-order valence-electron chi connectivity index (χ1n) is 14.0. The van der Waals surface area contributed by atoms with Crippen molar-refractivity contribution in [3.05, 3.63) is 99.2 Å². The van der Waals surface area contributed by atoms with Crippen molar-refractivity contribution >= 4 is 11.5 Å². The molecule has 3 aromatic rings. The number of carbonyl (C=O) groups excluding carboxylic acids is 1. The van der Waals surface area contributed by atoms with E-state index in [9.17, 15) is 14.7 Å². The summed E-state index contributed by atoms with van der Waals surface area (Å²) in [6, 6.07) is 17.1. The second-order valence-electron chi connectivity index (χ2n) is 12.2. The van der Waals surface area contributed by atoms with Crippen LogP contribution >= 0.6 is 0 Å². The molecule has 0 spiro atoms. The molecule has 1 aromatic heterocycles. The molecule has 1 N–H and O–H groups in total. The Balaban J connectivity index is 1.77. The quantitative estimate of drug-likeness (QED) is 0.465. The molecule has 0 saturated heterocycles. The molecule has 0 saturated carbocycles. The molecule has 6 nitrogen and oxygen atoms in total. The van der Waals surface area contributed by atoms with Gasteiger partial charge >= 0.3 is 5.56 Å².